The molecule has 1 aliphatic carbocycles. The number of hydrogen-bond acceptors (Lipinski definition) is 2. The molecule has 4 heteroatoms. The minimum Gasteiger partial charge on any atom is -0.352 e. The van der Waals surface area contributed by atoms with Crippen molar-refractivity contribution in [2.45, 2.75) is 52.4 Å². The highest BCUT2D eigenvalue weighted by atomic mass is 16.1. The van der Waals surface area contributed by atoms with Gasteiger partial charge in [-0.15, -0.1) is 0 Å². The largest absolute Gasteiger partial charge is 0.352 e. The maximum atomic E-state index is 12.5. The zero-order chi connectivity index (χ0) is 16.9. The summed E-state index contributed by atoms with van der Waals surface area (Å²) in [6.07, 6.45) is 9.62. The van der Waals surface area contributed by atoms with Crippen LogP contribution in [0, 0.1) is 19.8 Å². The first-order valence-corrected chi connectivity index (χ1v) is 9.05. The summed E-state index contributed by atoms with van der Waals surface area (Å²) in [5.41, 5.74) is 2.72. The van der Waals surface area contributed by atoms with Crippen LogP contribution in [0.3, 0.4) is 0 Å². The van der Waals surface area contributed by atoms with Crippen LogP contribution in [0.15, 0.2) is 30.5 Å². The van der Waals surface area contributed by atoms with Crippen LogP contribution in [-0.2, 0) is 0 Å². The summed E-state index contributed by atoms with van der Waals surface area (Å²) in [6.45, 7) is 4.76. The topological polar surface area (TPSA) is 46.9 Å². The fraction of sp³-hybridized carbons (Fsp3) is 0.500. The second kappa shape index (κ2) is 7.65. The van der Waals surface area contributed by atoms with E-state index in [0.29, 0.717) is 0 Å². The molecule has 0 atom stereocenters. The first-order chi connectivity index (χ1) is 11.7. The number of hydrogen-bond donors (Lipinski definition) is 1. The standard InChI is InChI=1S/C20H27N3O/c1-15-14-18(16(2)23(15)19-11-5-6-12-21-19)20(24)22-13-7-10-17-8-3-4-9-17/h5-6,11-12,14,17H,3-4,7-10,13H2,1-2H3,(H,22,24). The quantitative estimate of drug-likeness (QED) is 0.810. The van der Waals surface area contributed by atoms with Crippen molar-refractivity contribution in [3.05, 3.63) is 47.4 Å². The van der Waals surface area contributed by atoms with Crippen molar-refractivity contribution in [2.24, 2.45) is 5.92 Å². The summed E-state index contributed by atoms with van der Waals surface area (Å²) in [6, 6.07) is 7.78. The third kappa shape index (κ3) is 3.69. The fourth-order valence-electron chi connectivity index (χ4n) is 3.82. The lowest BCUT2D eigenvalue weighted by molar-refractivity contribution is 0.0952. The van der Waals surface area contributed by atoms with Gasteiger partial charge < -0.3 is 9.88 Å². The van der Waals surface area contributed by atoms with Crippen molar-refractivity contribution in [2.75, 3.05) is 6.54 Å². The van der Waals surface area contributed by atoms with Crippen LogP contribution in [0.2, 0.25) is 0 Å². The Labute approximate surface area is 144 Å². The molecule has 0 unspecified atom stereocenters. The Morgan fingerprint density at radius 1 is 1.29 bits per heavy atom. The Morgan fingerprint density at radius 3 is 2.79 bits per heavy atom. The van der Waals surface area contributed by atoms with E-state index in [1.54, 1.807) is 6.20 Å². The highest BCUT2D eigenvalue weighted by Gasteiger charge is 2.17. The summed E-state index contributed by atoms with van der Waals surface area (Å²) < 4.78 is 2.04. The molecule has 1 fully saturated rings. The van der Waals surface area contributed by atoms with Gasteiger partial charge in [-0.3, -0.25) is 4.79 Å². The Morgan fingerprint density at radius 2 is 2.08 bits per heavy atom. The number of rotatable bonds is 6. The van der Waals surface area contributed by atoms with Gasteiger partial charge in [-0.2, -0.15) is 0 Å². The summed E-state index contributed by atoms with van der Waals surface area (Å²) in [7, 11) is 0. The number of pyridine rings is 1. The monoisotopic (exact) mass is 325 g/mol. The van der Waals surface area contributed by atoms with Gasteiger partial charge in [-0.1, -0.05) is 31.7 Å². The van der Waals surface area contributed by atoms with Crippen LogP contribution in [0.25, 0.3) is 5.82 Å². The van der Waals surface area contributed by atoms with Crippen LogP contribution in [0.4, 0.5) is 0 Å². The zero-order valence-corrected chi connectivity index (χ0v) is 14.7. The number of nitrogens with one attached hydrogen (secondary N) is 1. The molecule has 1 N–H and O–H groups in total. The first kappa shape index (κ1) is 16.7. The van der Waals surface area contributed by atoms with E-state index >= 15 is 0 Å². The predicted octanol–water partition coefficient (Wildman–Crippen LogP) is 4.19. The third-order valence-electron chi connectivity index (χ3n) is 5.10. The van der Waals surface area contributed by atoms with E-state index in [0.717, 1.165) is 41.7 Å². The molecule has 24 heavy (non-hydrogen) atoms. The van der Waals surface area contributed by atoms with Gasteiger partial charge in [0.2, 0.25) is 0 Å². The Balaban J connectivity index is 1.61. The molecule has 0 spiro atoms. The third-order valence-corrected chi connectivity index (χ3v) is 5.10. The second-order valence-electron chi connectivity index (χ2n) is 6.86. The molecule has 1 saturated carbocycles. The minimum atomic E-state index is 0.0247. The molecule has 4 nitrogen and oxygen atoms in total. The maximum absolute atomic E-state index is 12.5. The van der Waals surface area contributed by atoms with Gasteiger partial charge >= 0.3 is 0 Å². The van der Waals surface area contributed by atoms with Crippen molar-refractivity contribution < 1.29 is 4.79 Å². The molecule has 1 amide bonds. The number of aryl methyl sites for hydroxylation is 1. The summed E-state index contributed by atoms with van der Waals surface area (Å²) in [4.78, 5) is 16.9. The summed E-state index contributed by atoms with van der Waals surface area (Å²) in [5.74, 6) is 1.76. The molecule has 128 valence electrons. The number of amides is 1. The Kier molecular flexibility index (Phi) is 5.34. The average molecular weight is 325 g/mol. The van der Waals surface area contributed by atoms with Crippen molar-refractivity contribution >= 4 is 5.91 Å². The van der Waals surface area contributed by atoms with E-state index in [4.69, 9.17) is 0 Å². The smallest absolute Gasteiger partial charge is 0.253 e. The van der Waals surface area contributed by atoms with Crippen LogP contribution < -0.4 is 5.32 Å². The second-order valence-corrected chi connectivity index (χ2v) is 6.86. The summed E-state index contributed by atoms with van der Waals surface area (Å²) in [5, 5.41) is 3.08. The Bertz CT molecular complexity index is 684. The predicted molar refractivity (Wildman–Crippen MR) is 96.6 cm³/mol. The zero-order valence-electron chi connectivity index (χ0n) is 14.7. The van der Waals surface area contributed by atoms with Gasteiger partial charge in [-0.25, -0.2) is 4.98 Å². The number of nitrogens with zero attached hydrogens (tertiary/aromatic N) is 2. The highest BCUT2D eigenvalue weighted by molar-refractivity contribution is 5.95. The normalized spacial score (nSPS) is 14.9. The molecular weight excluding hydrogens is 298 g/mol. The lowest BCUT2D eigenvalue weighted by atomic mass is 10.0. The number of aromatic nitrogens is 2. The first-order valence-electron chi connectivity index (χ1n) is 9.05. The molecule has 0 radical (unpaired) electrons. The van der Waals surface area contributed by atoms with Crippen molar-refractivity contribution in [3.63, 3.8) is 0 Å². The SMILES string of the molecule is Cc1cc(C(=O)NCCCC2CCCC2)c(C)n1-c1ccccn1. The average Bonchev–Trinajstić information content (AvgIpc) is 3.20. The maximum Gasteiger partial charge on any atom is 0.253 e. The Hall–Kier alpha value is -2.10. The van der Waals surface area contributed by atoms with Gasteiger partial charge in [-0.05, 0) is 50.8 Å². The van der Waals surface area contributed by atoms with E-state index in [1.807, 2.05) is 42.7 Å². The van der Waals surface area contributed by atoms with Gasteiger partial charge in [0.05, 0.1) is 5.56 Å². The molecule has 0 bridgehead atoms. The van der Waals surface area contributed by atoms with Crippen LogP contribution in [0.1, 0.15) is 60.3 Å². The van der Waals surface area contributed by atoms with Crippen molar-refractivity contribution in [1.29, 1.82) is 0 Å². The molecule has 2 aromatic rings. The van der Waals surface area contributed by atoms with Crippen LogP contribution in [0.5, 0.6) is 0 Å². The molecule has 0 aliphatic heterocycles. The van der Waals surface area contributed by atoms with Crippen LogP contribution >= 0.6 is 0 Å². The van der Waals surface area contributed by atoms with Crippen LogP contribution in [-0.4, -0.2) is 22.0 Å². The molecule has 2 aromatic heterocycles. The van der Waals surface area contributed by atoms with Crippen molar-refractivity contribution in [1.82, 2.24) is 14.9 Å². The lowest BCUT2D eigenvalue weighted by Crippen LogP contribution is -2.25. The fourth-order valence-corrected chi connectivity index (χ4v) is 3.82. The van der Waals surface area contributed by atoms with E-state index in [9.17, 15) is 4.79 Å². The van der Waals surface area contributed by atoms with Gasteiger partial charge in [0.15, 0.2) is 0 Å². The van der Waals surface area contributed by atoms with Crippen molar-refractivity contribution in [3.8, 4) is 5.82 Å². The highest BCUT2D eigenvalue weighted by Crippen LogP contribution is 2.28. The van der Waals surface area contributed by atoms with E-state index in [1.165, 1.54) is 32.1 Å². The molecular formula is C20H27N3O. The lowest BCUT2D eigenvalue weighted by Gasteiger charge is -2.10. The summed E-state index contributed by atoms with van der Waals surface area (Å²) >= 11 is 0. The van der Waals surface area contributed by atoms with E-state index in [2.05, 4.69) is 10.3 Å². The van der Waals surface area contributed by atoms with Gasteiger partial charge in [0.25, 0.3) is 5.91 Å². The van der Waals surface area contributed by atoms with Gasteiger partial charge in [0.1, 0.15) is 5.82 Å². The number of carbonyl (C=O) groups excluding carboxylic acids is 1. The molecule has 1 aliphatic rings. The number of carbonyl (C=O) groups is 1. The minimum absolute atomic E-state index is 0.0247. The molecule has 0 saturated heterocycles. The molecule has 0 aromatic carbocycles. The molecule has 2 heterocycles. The van der Waals surface area contributed by atoms with Gasteiger partial charge in [0, 0.05) is 24.1 Å². The van der Waals surface area contributed by atoms with E-state index in [-0.39, 0.29) is 5.91 Å². The molecule has 3 rings (SSSR count). The van der Waals surface area contributed by atoms with E-state index < -0.39 is 0 Å².